The van der Waals surface area contributed by atoms with Gasteiger partial charge >= 0.3 is 0 Å². The van der Waals surface area contributed by atoms with Crippen LogP contribution in [0.25, 0.3) is 67.5 Å². The average Bonchev–Trinajstić information content (AvgIpc) is 4.07. The molecular formula is C71H55N3. The van der Waals surface area contributed by atoms with Crippen molar-refractivity contribution in [3.63, 3.8) is 0 Å². The molecule has 15 rings (SSSR count). The van der Waals surface area contributed by atoms with Crippen LogP contribution in [0, 0.1) is 0 Å². The zero-order chi connectivity index (χ0) is 49.1. The number of aryl methyl sites for hydroxylation is 1. The van der Waals surface area contributed by atoms with E-state index in [1.165, 1.54) is 111 Å². The molecule has 0 saturated heterocycles. The molecule has 0 N–H and O–H groups in total. The minimum Gasteiger partial charge on any atom is -0.333 e. The first-order valence-corrected chi connectivity index (χ1v) is 26.6. The van der Waals surface area contributed by atoms with E-state index in [-0.39, 0.29) is 17.4 Å². The number of para-hydroxylation sites is 2. The molecule has 0 spiro atoms. The van der Waals surface area contributed by atoms with Gasteiger partial charge in [0.2, 0.25) is 0 Å². The zero-order valence-corrected chi connectivity index (χ0v) is 41.8. The minimum absolute atomic E-state index is 0.0417. The summed E-state index contributed by atoms with van der Waals surface area (Å²) in [4.78, 5) is 5.00. The lowest BCUT2D eigenvalue weighted by atomic mass is 9.78. The molecule has 0 bridgehead atoms. The highest BCUT2D eigenvalue weighted by atomic mass is 15.2. The third-order valence-corrected chi connectivity index (χ3v) is 17.1. The van der Waals surface area contributed by atoms with Gasteiger partial charge < -0.3 is 14.4 Å². The van der Waals surface area contributed by atoms with Gasteiger partial charge in [-0.25, -0.2) is 0 Å². The number of fused-ring (bicyclic) bond motifs is 12. The van der Waals surface area contributed by atoms with E-state index in [1.807, 2.05) is 0 Å². The second-order valence-electron chi connectivity index (χ2n) is 21.4. The molecule has 0 fully saturated rings. The topological polar surface area (TPSA) is 11.4 Å². The maximum atomic E-state index is 2.54. The van der Waals surface area contributed by atoms with Gasteiger partial charge in [-0.2, -0.15) is 0 Å². The Kier molecular flexibility index (Phi) is 9.69. The summed E-state index contributed by atoms with van der Waals surface area (Å²) in [5.41, 5.74) is 27.1. The lowest BCUT2D eigenvalue weighted by molar-refractivity contribution is 0.607. The normalized spacial score (nSPS) is 17.5. The van der Waals surface area contributed by atoms with Crippen molar-refractivity contribution in [2.75, 3.05) is 9.80 Å². The van der Waals surface area contributed by atoms with E-state index < -0.39 is 0 Å². The number of hydrogen-bond donors (Lipinski definition) is 0. The minimum atomic E-state index is -0.0417. The summed E-state index contributed by atoms with van der Waals surface area (Å²) in [6.07, 6.45) is 18.4. The summed E-state index contributed by atoms with van der Waals surface area (Å²) in [7, 11) is 0. The third-order valence-electron chi connectivity index (χ3n) is 17.1. The van der Waals surface area contributed by atoms with Crippen molar-refractivity contribution < 1.29 is 0 Å². The van der Waals surface area contributed by atoms with E-state index in [0.29, 0.717) is 0 Å². The number of hydrogen-bond acceptors (Lipinski definition) is 2. The summed E-state index contributed by atoms with van der Waals surface area (Å²) in [5, 5.41) is 2.68. The molecule has 5 aliphatic rings. The predicted molar refractivity (Wildman–Crippen MR) is 312 cm³/mol. The molecule has 4 aliphatic carbocycles. The zero-order valence-electron chi connectivity index (χ0n) is 41.8. The van der Waals surface area contributed by atoms with Crippen molar-refractivity contribution in [1.29, 1.82) is 0 Å². The summed E-state index contributed by atoms with van der Waals surface area (Å²) in [5.74, 6) is 0.239. The maximum Gasteiger partial charge on any atom is 0.0635 e. The molecule has 2 unspecified atom stereocenters. The molecule has 0 radical (unpaired) electrons. The molecule has 2 atom stereocenters. The molecule has 3 nitrogen and oxygen atoms in total. The fourth-order valence-corrected chi connectivity index (χ4v) is 13.6. The molecule has 0 amide bonds. The molecule has 9 aromatic carbocycles. The highest BCUT2D eigenvalue weighted by Gasteiger charge is 2.42. The quantitative estimate of drug-likeness (QED) is 0.158. The Balaban J connectivity index is 0.825. The van der Waals surface area contributed by atoms with Gasteiger partial charge in [0.15, 0.2) is 0 Å². The summed E-state index contributed by atoms with van der Waals surface area (Å²) >= 11 is 0. The van der Waals surface area contributed by atoms with Crippen LogP contribution < -0.4 is 9.80 Å². The van der Waals surface area contributed by atoms with E-state index in [0.717, 1.165) is 37.1 Å². The van der Waals surface area contributed by atoms with Crippen LogP contribution in [0.3, 0.4) is 0 Å². The Morgan fingerprint density at radius 3 is 1.93 bits per heavy atom. The van der Waals surface area contributed by atoms with Crippen LogP contribution in [-0.2, 0) is 11.8 Å². The number of nitrogens with zero attached hydrogens (tertiary/aromatic N) is 3. The second kappa shape index (κ2) is 16.7. The van der Waals surface area contributed by atoms with Crippen LogP contribution in [0.1, 0.15) is 78.0 Å². The number of rotatable bonds is 7. The van der Waals surface area contributed by atoms with Crippen molar-refractivity contribution in [3.8, 4) is 27.9 Å². The van der Waals surface area contributed by atoms with E-state index in [4.69, 9.17) is 0 Å². The van der Waals surface area contributed by atoms with Crippen molar-refractivity contribution in [1.82, 2.24) is 4.57 Å². The number of benzene rings is 9. The van der Waals surface area contributed by atoms with Gasteiger partial charge in [-0.05, 0) is 183 Å². The fraction of sp³-hybridized carbons (Fsp3) is 0.127. The van der Waals surface area contributed by atoms with Crippen LogP contribution in [0.2, 0.25) is 0 Å². The average molecular weight is 950 g/mol. The third kappa shape index (κ3) is 6.59. The van der Waals surface area contributed by atoms with Gasteiger partial charge in [0.1, 0.15) is 0 Å². The van der Waals surface area contributed by atoms with Crippen LogP contribution in [0.5, 0.6) is 0 Å². The van der Waals surface area contributed by atoms with Crippen molar-refractivity contribution in [2.24, 2.45) is 0 Å². The lowest BCUT2D eigenvalue weighted by Gasteiger charge is -2.31. The Morgan fingerprint density at radius 2 is 1.15 bits per heavy atom. The SMILES string of the molecule is CC1(C)C2=C(C=CCC2)c2ccc(N(c3ccc(-c4ccc5c(c4)C4c6ccccc6C=CC4N5c4ccccc4)cc3)c3ccc(-c4ccc5c(c4)c4c6c(ccc4n5-c4ccccc4)C=CCC6)cc3)cc21. The molecule has 10 aromatic rings. The highest BCUT2D eigenvalue weighted by molar-refractivity contribution is 6.13. The van der Waals surface area contributed by atoms with E-state index in [9.17, 15) is 0 Å². The van der Waals surface area contributed by atoms with E-state index in [1.54, 1.807) is 5.57 Å². The van der Waals surface area contributed by atoms with Gasteiger partial charge in [-0.3, -0.25) is 0 Å². The van der Waals surface area contributed by atoms with Gasteiger partial charge in [0.25, 0.3) is 0 Å². The van der Waals surface area contributed by atoms with Crippen molar-refractivity contribution in [3.05, 3.63) is 269 Å². The molecule has 0 saturated carbocycles. The molecular weight excluding hydrogens is 895 g/mol. The van der Waals surface area contributed by atoms with E-state index in [2.05, 4.69) is 265 Å². The first-order chi connectivity index (χ1) is 36.5. The Bertz CT molecular complexity index is 4030. The Labute approximate surface area is 434 Å². The van der Waals surface area contributed by atoms with E-state index >= 15 is 0 Å². The molecule has 1 aromatic heterocycles. The Morgan fingerprint density at radius 1 is 0.500 bits per heavy atom. The number of allylic oxidation sites excluding steroid dienone is 5. The number of aromatic nitrogens is 1. The number of anilines is 5. The first-order valence-electron chi connectivity index (χ1n) is 26.6. The van der Waals surface area contributed by atoms with Gasteiger partial charge in [0.05, 0.1) is 17.1 Å². The maximum absolute atomic E-state index is 2.54. The van der Waals surface area contributed by atoms with Crippen LogP contribution >= 0.6 is 0 Å². The highest BCUT2D eigenvalue weighted by Crippen LogP contribution is 2.54. The molecule has 1 aliphatic heterocycles. The Hall–Kier alpha value is -8.66. The standard InChI is InChI=1S/C71H55N3/c1-71(2)63-24-14-13-23-59(63)60-38-37-56(45-64(60)71)72(54-33-25-46(26-34-54)50-31-39-65-61(43-50)69-57-21-11-9-15-48(57)29-41-67(69)73(65)52-17-5-3-6-18-52)55-35-27-47(28-36-55)51-32-40-66-62(44-51)70-58-22-12-10-16-49(58)30-42-68(70)74(66)53-19-7-4-8-20-53/h3-11,13,15-21,23,25-45,67,69H,12,14,22,24H2,1-2H3. The monoisotopic (exact) mass is 949 g/mol. The largest absolute Gasteiger partial charge is 0.333 e. The van der Waals surface area contributed by atoms with Crippen LogP contribution in [0.4, 0.5) is 28.4 Å². The van der Waals surface area contributed by atoms with Gasteiger partial charge in [-0.1, -0.05) is 165 Å². The van der Waals surface area contributed by atoms with Crippen molar-refractivity contribution in [2.45, 2.75) is 56.9 Å². The second-order valence-corrected chi connectivity index (χ2v) is 21.4. The fourth-order valence-electron chi connectivity index (χ4n) is 13.6. The molecule has 2 heterocycles. The molecule has 74 heavy (non-hydrogen) atoms. The lowest BCUT2D eigenvalue weighted by Crippen LogP contribution is -2.30. The summed E-state index contributed by atoms with van der Waals surface area (Å²) in [6, 6.07) is 75.5. The van der Waals surface area contributed by atoms with Crippen molar-refractivity contribution >= 4 is 68.0 Å². The van der Waals surface area contributed by atoms with Crippen LogP contribution in [-0.4, -0.2) is 10.6 Å². The predicted octanol–water partition coefficient (Wildman–Crippen LogP) is 18.6. The first kappa shape index (κ1) is 43.0. The van der Waals surface area contributed by atoms with Gasteiger partial charge in [-0.15, -0.1) is 0 Å². The summed E-state index contributed by atoms with van der Waals surface area (Å²) < 4.78 is 2.45. The smallest absolute Gasteiger partial charge is 0.0635 e. The summed E-state index contributed by atoms with van der Waals surface area (Å²) in [6.45, 7) is 4.84. The molecule has 3 heteroatoms. The van der Waals surface area contributed by atoms with Crippen LogP contribution in [0.15, 0.2) is 230 Å². The van der Waals surface area contributed by atoms with Gasteiger partial charge in [0, 0.05) is 56.2 Å². The molecule has 354 valence electrons.